The zero-order valence-corrected chi connectivity index (χ0v) is 11.1. The van der Waals surface area contributed by atoms with Gasteiger partial charge in [-0.05, 0) is 32.8 Å². The van der Waals surface area contributed by atoms with E-state index in [1.807, 2.05) is 5.38 Å². The van der Waals surface area contributed by atoms with Crippen molar-refractivity contribution in [2.45, 2.75) is 26.0 Å². The molecular formula is C10H16BrNOS. The van der Waals surface area contributed by atoms with Crippen LogP contribution < -0.4 is 5.73 Å². The number of rotatable bonds is 4. The van der Waals surface area contributed by atoms with Crippen LogP contribution in [-0.4, -0.2) is 13.2 Å². The maximum Gasteiger partial charge on any atom is 0.0787 e. The van der Waals surface area contributed by atoms with Crippen molar-refractivity contribution in [1.82, 2.24) is 0 Å². The second-order valence-electron chi connectivity index (χ2n) is 3.65. The van der Waals surface area contributed by atoms with E-state index in [1.54, 1.807) is 18.4 Å². The summed E-state index contributed by atoms with van der Waals surface area (Å²) in [5, 5.41) is 4.12. The molecule has 14 heavy (non-hydrogen) atoms. The van der Waals surface area contributed by atoms with Crippen LogP contribution in [0.1, 0.15) is 25.5 Å². The van der Waals surface area contributed by atoms with Crippen molar-refractivity contribution in [2.24, 2.45) is 11.7 Å². The molecule has 4 heteroatoms. The SMILES string of the molecule is COC(C(C)C)C(N)c1cscc1Br. The van der Waals surface area contributed by atoms with Gasteiger partial charge in [-0.3, -0.25) is 0 Å². The fourth-order valence-corrected chi connectivity index (χ4v) is 3.15. The predicted octanol–water partition coefficient (Wildman–Crippen LogP) is 3.18. The lowest BCUT2D eigenvalue weighted by Crippen LogP contribution is -2.32. The highest BCUT2D eigenvalue weighted by atomic mass is 79.9. The number of halogens is 1. The Bertz CT molecular complexity index is 287. The largest absolute Gasteiger partial charge is 0.379 e. The number of thiophene rings is 1. The van der Waals surface area contributed by atoms with Crippen LogP contribution >= 0.6 is 27.3 Å². The lowest BCUT2D eigenvalue weighted by molar-refractivity contribution is 0.0436. The molecule has 0 spiro atoms. The zero-order chi connectivity index (χ0) is 10.7. The van der Waals surface area contributed by atoms with Crippen LogP contribution in [-0.2, 0) is 4.74 Å². The minimum absolute atomic E-state index is 0.0550. The minimum atomic E-state index is -0.0550. The van der Waals surface area contributed by atoms with Crippen LogP contribution in [0.4, 0.5) is 0 Å². The first kappa shape index (κ1) is 12.2. The van der Waals surface area contributed by atoms with Crippen molar-refractivity contribution >= 4 is 27.3 Å². The average molecular weight is 278 g/mol. The first-order valence-electron chi connectivity index (χ1n) is 4.58. The molecule has 2 atom stereocenters. The number of ether oxygens (including phenoxy) is 1. The summed E-state index contributed by atoms with van der Waals surface area (Å²) in [5.41, 5.74) is 7.28. The molecule has 1 aromatic heterocycles. The fraction of sp³-hybridized carbons (Fsp3) is 0.600. The maximum atomic E-state index is 6.15. The molecule has 0 bridgehead atoms. The molecular weight excluding hydrogens is 262 g/mol. The first-order chi connectivity index (χ1) is 6.57. The maximum absolute atomic E-state index is 6.15. The van der Waals surface area contributed by atoms with E-state index >= 15 is 0 Å². The highest BCUT2D eigenvalue weighted by Gasteiger charge is 2.24. The second kappa shape index (κ2) is 5.26. The molecule has 0 amide bonds. The van der Waals surface area contributed by atoms with Crippen molar-refractivity contribution < 1.29 is 4.74 Å². The van der Waals surface area contributed by atoms with E-state index in [-0.39, 0.29) is 12.1 Å². The van der Waals surface area contributed by atoms with Gasteiger partial charge in [-0.1, -0.05) is 13.8 Å². The van der Waals surface area contributed by atoms with Crippen molar-refractivity contribution in [3.8, 4) is 0 Å². The quantitative estimate of drug-likeness (QED) is 0.918. The average Bonchev–Trinajstić information content (AvgIpc) is 2.51. The van der Waals surface area contributed by atoms with Gasteiger partial charge in [0, 0.05) is 17.0 Å². The summed E-state index contributed by atoms with van der Waals surface area (Å²) in [6, 6.07) is -0.0550. The zero-order valence-electron chi connectivity index (χ0n) is 8.66. The Morgan fingerprint density at radius 3 is 2.43 bits per heavy atom. The van der Waals surface area contributed by atoms with Gasteiger partial charge in [0.2, 0.25) is 0 Å². The molecule has 0 aliphatic carbocycles. The highest BCUT2D eigenvalue weighted by Crippen LogP contribution is 2.30. The van der Waals surface area contributed by atoms with Crippen LogP contribution in [0.25, 0.3) is 0 Å². The van der Waals surface area contributed by atoms with Crippen LogP contribution in [0.5, 0.6) is 0 Å². The van der Waals surface area contributed by atoms with Gasteiger partial charge in [-0.25, -0.2) is 0 Å². The molecule has 1 rings (SSSR count). The number of hydrogen-bond donors (Lipinski definition) is 1. The van der Waals surface area contributed by atoms with E-state index in [1.165, 1.54) is 0 Å². The van der Waals surface area contributed by atoms with Crippen LogP contribution in [0, 0.1) is 5.92 Å². The lowest BCUT2D eigenvalue weighted by atomic mass is 9.96. The minimum Gasteiger partial charge on any atom is -0.379 e. The van der Waals surface area contributed by atoms with Gasteiger partial charge in [0.1, 0.15) is 0 Å². The number of nitrogens with two attached hydrogens (primary N) is 1. The fourth-order valence-electron chi connectivity index (χ4n) is 1.54. The molecule has 2 N–H and O–H groups in total. The number of hydrogen-bond acceptors (Lipinski definition) is 3. The summed E-state index contributed by atoms with van der Waals surface area (Å²) in [6.07, 6.45) is 0.0703. The van der Waals surface area contributed by atoms with Gasteiger partial charge < -0.3 is 10.5 Å². The van der Waals surface area contributed by atoms with Crippen molar-refractivity contribution in [3.63, 3.8) is 0 Å². The van der Waals surface area contributed by atoms with Crippen LogP contribution in [0.3, 0.4) is 0 Å². The van der Waals surface area contributed by atoms with E-state index in [2.05, 4.69) is 35.2 Å². The van der Waals surface area contributed by atoms with E-state index < -0.39 is 0 Å². The molecule has 0 aromatic carbocycles. The Kier molecular flexibility index (Phi) is 4.57. The predicted molar refractivity (Wildman–Crippen MR) is 64.6 cm³/mol. The summed E-state index contributed by atoms with van der Waals surface area (Å²) in [7, 11) is 1.71. The molecule has 2 unspecified atom stereocenters. The van der Waals surface area contributed by atoms with Crippen molar-refractivity contribution in [2.75, 3.05) is 7.11 Å². The third-order valence-electron chi connectivity index (χ3n) is 2.28. The first-order valence-corrected chi connectivity index (χ1v) is 6.31. The molecule has 0 fully saturated rings. The summed E-state index contributed by atoms with van der Waals surface area (Å²) in [4.78, 5) is 0. The molecule has 0 saturated carbocycles. The third kappa shape index (κ3) is 2.57. The van der Waals surface area contributed by atoms with Gasteiger partial charge in [-0.15, -0.1) is 0 Å². The van der Waals surface area contributed by atoms with Crippen molar-refractivity contribution in [1.29, 1.82) is 0 Å². The standard InChI is InChI=1S/C10H16BrNOS/c1-6(2)10(13-3)9(12)7-4-14-5-8(7)11/h4-6,9-10H,12H2,1-3H3. The van der Waals surface area contributed by atoms with E-state index in [0.717, 1.165) is 10.0 Å². The van der Waals surface area contributed by atoms with Gasteiger partial charge >= 0.3 is 0 Å². The second-order valence-corrected chi connectivity index (χ2v) is 5.24. The summed E-state index contributed by atoms with van der Waals surface area (Å²) in [6.45, 7) is 4.24. The third-order valence-corrected chi connectivity index (χ3v) is 4.04. The van der Waals surface area contributed by atoms with E-state index in [0.29, 0.717) is 5.92 Å². The molecule has 0 radical (unpaired) electrons. The van der Waals surface area contributed by atoms with Gasteiger partial charge in [0.15, 0.2) is 0 Å². The molecule has 0 aliphatic heterocycles. The summed E-state index contributed by atoms with van der Waals surface area (Å²) in [5.74, 6) is 0.418. The molecule has 0 saturated heterocycles. The van der Waals surface area contributed by atoms with Crippen LogP contribution in [0.15, 0.2) is 15.2 Å². The molecule has 1 aromatic rings. The Balaban J connectivity index is 2.83. The Hall–Kier alpha value is 0.100. The molecule has 2 nitrogen and oxygen atoms in total. The smallest absolute Gasteiger partial charge is 0.0787 e. The van der Waals surface area contributed by atoms with Gasteiger partial charge in [0.25, 0.3) is 0 Å². The topological polar surface area (TPSA) is 35.2 Å². The Labute approximate surface area is 97.6 Å². The summed E-state index contributed by atoms with van der Waals surface area (Å²) >= 11 is 5.14. The van der Waals surface area contributed by atoms with Gasteiger partial charge in [-0.2, -0.15) is 11.3 Å². The Morgan fingerprint density at radius 1 is 1.43 bits per heavy atom. The normalized spacial score (nSPS) is 15.9. The highest BCUT2D eigenvalue weighted by molar-refractivity contribution is 9.10. The molecule has 80 valence electrons. The van der Waals surface area contributed by atoms with Crippen LogP contribution in [0.2, 0.25) is 0 Å². The number of methoxy groups -OCH3 is 1. The summed E-state index contributed by atoms with van der Waals surface area (Å²) < 4.78 is 6.49. The van der Waals surface area contributed by atoms with E-state index in [4.69, 9.17) is 10.5 Å². The Morgan fingerprint density at radius 2 is 2.07 bits per heavy atom. The van der Waals surface area contributed by atoms with Crippen molar-refractivity contribution in [3.05, 3.63) is 20.8 Å². The molecule has 1 heterocycles. The lowest BCUT2D eigenvalue weighted by Gasteiger charge is -2.25. The van der Waals surface area contributed by atoms with Gasteiger partial charge in [0.05, 0.1) is 12.1 Å². The monoisotopic (exact) mass is 277 g/mol. The van der Waals surface area contributed by atoms with E-state index in [9.17, 15) is 0 Å². The molecule has 0 aliphatic rings.